The minimum absolute atomic E-state index is 0.378. The molecule has 0 unspecified atom stereocenters. The second kappa shape index (κ2) is 5.54. The van der Waals surface area contributed by atoms with E-state index in [4.69, 9.17) is 9.47 Å². The zero-order chi connectivity index (χ0) is 13.0. The summed E-state index contributed by atoms with van der Waals surface area (Å²) < 4.78 is 10.2. The van der Waals surface area contributed by atoms with Gasteiger partial charge in [-0.15, -0.1) is 0 Å². The summed E-state index contributed by atoms with van der Waals surface area (Å²) in [5.41, 5.74) is 0.473. The molecule has 0 heterocycles. The molecule has 17 heavy (non-hydrogen) atoms. The fourth-order valence-corrected chi connectivity index (χ4v) is 1.41. The maximum Gasteiger partial charge on any atom is 0.255 e. The zero-order valence-corrected chi connectivity index (χ0v) is 10.4. The largest absolute Gasteiger partial charge is 0.493 e. The number of rotatable bonds is 4. The summed E-state index contributed by atoms with van der Waals surface area (Å²) >= 11 is 0. The molecule has 1 rings (SSSR count). The Morgan fingerprint density at radius 1 is 1.24 bits per heavy atom. The van der Waals surface area contributed by atoms with E-state index in [-0.39, 0.29) is 5.91 Å². The third kappa shape index (κ3) is 2.88. The van der Waals surface area contributed by atoms with E-state index in [1.807, 2.05) is 0 Å². The van der Waals surface area contributed by atoms with Crippen LogP contribution in [0.5, 0.6) is 11.5 Å². The van der Waals surface area contributed by atoms with Crippen LogP contribution in [0, 0.1) is 0 Å². The molecule has 0 saturated heterocycles. The van der Waals surface area contributed by atoms with Crippen molar-refractivity contribution in [1.29, 1.82) is 0 Å². The molecule has 0 fully saturated rings. The number of likely N-dealkylation sites (N-methyl/N-ethyl adjacent to an activating group) is 1. The lowest BCUT2D eigenvalue weighted by molar-refractivity contribution is -0.137. The number of carbonyl (C=O) groups is 1. The highest BCUT2D eigenvalue weighted by Gasteiger charge is 2.20. The second-order valence-electron chi connectivity index (χ2n) is 3.75. The fourth-order valence-electron chi connectivity index (χ4n) is 1.41. The Hall–Kier alpha value is -1.75. The van der Waals surface area contributed by atoms with Crippen molar-refractivity contribution in [2.45, 2.75) is 6.10 Å². The summed E-state index contributed by atoms with van der Waals surface area (Å²) in [4.78, 5) is 12.9. The first-order valence-electron chi connectivity index (χ1n) is 5.12. The van der Waals surface area contributed by atoms with Gasteiger partial charge in [-0.1, -0.05) is 6.07 Å². The highest BCUT2D eigenvalue weighted by atomic mass is 16.5. The molecule has 0 spiro atoms. The quantitative estimate of drug-likeness (QED) is 0.845. The molecule has 1 aromatic rings. The number of ether oxygens (including phenoxy) is 2. The highest BCUT2D eigenvalue weighted by Crippen LogP contribution is 2.30. The number of hydrogen-bond donors (Lipinski definition) is 1. The van der Waals surface area contributed by atoms with E-state index in [1.54, 1.807) is 32.3 Å². The molecule has 1 aromatic carbocycles. The Bertz CT molecular complexity index is 403. The van der Waals surface area contributed by atoms with Crippen LogP contribution in [0.1, 0.15) is 11.7 Å². The first kappa shape index (κ1) is 13.3. The topological polar surface area (TPSA) is 59.0 Å². The van der Waals surface area contributed by atoms with Crippen molar-refractivity contribution in [3.63, 3.8) is 0 Å². The molecule has 0 saturated carbocycles. The van der Waals surface area contributed by atoms with Crippen LogP contribution in [0.25, 0.3) is 0 Å². The first-order valence-corrected chi connectivity index (χ1v) is 5.12. The average molecular weight is 239 g/mol. The van der Waals surface area contributed by atoms with Crippen LogP contribution in [-0.2, 0) is 4.79 Å². The Morgan fingerprint density at radius 2 is 1.82 bits per heavy atom. The van der Waals surface area contributed by atoms with Gasteiger partial charge in [-0.3, -0.25) is 4.79 Å². The van der Waals surface area contributed by atoms with Gasteiger partial charge in [-0.2, -0.15) is 0 Å². The van der Waals surface area contributed by atoms with Crippen LogP contribution in [0.4, 0.5) is 0 Å². The lowest BCUT2D eigenvalue weighted by Crippen LogP contribution is -2.28. The van der Waals surface area contributed by atoms with Gasteiger partial charge in [0.1, 0.15) is 0 Å². The van der Waals surface area contributed by atoms with Crippen molar-refractivity contribution in [3.05, 3.63) is 23.8 Å². The molecule has 5 heteroatoms. The molecule has 0 aliphatic rings. The molecule has 0 aliphatic carbocycles. The van der Waals surface area contributed by atoms with Gasteiger partial charge in [-0.25, -0.2) is 0 Å². The monoisotopic (exact) mass is 239 g/mol. The van der Waals surface area contributed by atoms with E-state index in [0.717, 1.165) is 0 Å². The van der Waals surface area contributed by atoms with E-state index in [1.165, 1.54) is 19.1 Å². The van der Waals surface area contributed by atoms with Crippen LogP contribution in [0.3, 0.4) is 0 Å². The lowest BCUT2D eigenvalue weighted by Gasteiger charge is -2.17. The third-order valence-electron chi connectivity index (χ3n) is 2.40. The standard InChI is InChI=1S/C12H17NO4/c1-13(2)12(15)11(14)8-5-6-9(16-3)10(7-8)17-4/h5-7,11,14H,1-4H3/t11-/m0/s1. The minimum atomic E-state index is -1.19. The van der Waals surface area contributed by atoms with Crippen LogP contribution in [-0.4, -0.2) is 44.2 Å². The Balaban J connectivity index is 3.03. The van der Waals surface area contributed by atoms with Crippen molar-refractivity contribution < 1.29 is 19.4 Å². The molecule has 1 N–H and O–H groups in total. The van der Waals surface area contributed by atoms with Gasteiger partial charge in [0.05, 0.1) is 14.2 Å². The van der Waals surface area contributed by atoms with Gasteiger partial charge in [0.15, 0.2) is 17.6 Å². The van der Waals surface area contributed by atoms with Crippen molar-refractivity contribution in [3.8, 4) is 11.5 Å². The minimum Gasteiger partial charge on any atom is -0.493 e. The molecule has 94 valence electrons. The van der Waals surface area contributed by atoms with E-state index >= 15 is 0 Å². The number of amides is 1. The summed E-state index contributed by atoms with van der Waals surface area (Å²) in [5, 5.41) is 9.86. The third-order valence-corrected chi connectivity index (χ3v) is 2.40. The SMILES string of the molecule is COc1ccc([C@H](O)C(=O)N(C)C)cc1OC. The van der Waals surface area contributed by atoms with E-state index in [2.05, 4.69) is 0 Å². The summed E-state index contributed by atoms with van der Waals surface area (Å²) in [5.74, 6) is 0.661. The van der Waals surface area contributed by atoms with E-state index < -0.39 is 6.10 Å². The number of methoxy groups -OCH3 is 2. The van der Waals surface area contributed by atoms with E-state index in [0.29, 0.717) is 17.1 Å². The molecule has 5 nitrogen and oxygen atoms in total. The molecular weight excluding hydrogens is 222 g/mol. The zero-order valence-electron chi connectivity index (χ0n) is 10.4. The maximum atomic E-state index is 11.6. The van der Waals surface area contributed by atoms with Gasteiger partial charge in [0.2, 0.25) is 0 Å². The summed E-state index contributed by atoms with van der Waals surface area (Å²) in [6.07, 6.45) is -1.19. The summed E-state index contributed by atoms with van der Waals surface area (Å²) in [7, 11) is 6.21. The van der Waals surface area contributed by atoms with Gasteiger partial charge < -0.3 is 19.5 Å². The first-order chi connectivity index (χ1) is 8.01. The number of aliphatic hydroxyl groups excluding tert-OH is 1. The number of aliphatic hydroxyl groups is 1. The number of carbonyl (C=O) groups excluding carboxylic acids is 1. The molecule has 0 radical (unpaired) electrons. The Kier molecular flexibility index (Phi) is 4.34. The Labute approximate surface area is 101 Å². The van der Waals surface area contributed by atoms with Crippen molar-refractivity contribution in [2.75, 3.05) is 28.3 Å². The average Bonchev–Trinajstić information content (AvgIpc) is 2.35. The fraction of sp³-hybridized carbons (Fsp3) is 0.417. The van der Waals surface area contributed by atoms with Gasteiger partial charge in [0, 0.05) is 14.1 Å². The Morgan fingerprint density at radius 3 is 2.29 bits per heavy atom. The van der Waals surface area contributed by atoms with Crippen LogP contribution in [0.15, 0.2) is 18.2 Å². The van der Waals surface area contributed by atoms with Crippen LogP contribution < -0.4 is 9.47 Å². The predicted molar refractivity (Wildman–Crippen MR) is 63.2 cm³/mol. The van der Waals surface area contributed by atoms with Gasteiger partial charge in [0.25, 0.3) is 5.91 Å². The van der Waals surface area contributed by atoms with Gasteiger partial charge >= 0.3 is 0 Å². The molecule has 0 aromatic heterocycles. The van der Waals surface area contributed by atoms with Crippen molar-refractivity contribution in [1.82, 2.24) is 4.90 Å². The molecule has 1 amide bonds. The normalized spacial score (nSPS) is 11.8. The number of benzene rings is 1. The smallest absolute Gasteiger partial charge is 0.255 e. The maximum absolute atomic E-state index is 11.6. The summed E-state index contributed by atoms with van der Waals surface area (Å²) in [6, 6.07) is 4.87. The predicted octanol–water partition coefficient (Wildman–Crippen LogP) is 0.825. The van der Waals surface area contributed by atoms with E-state index in [9.17, 15) is 9.90 Å². The number of nitrogens with zero attached hydrogens (tertiary/aromatic N) is 1. The van der Waals surface area contributed by atoms with Crippen LogP contribution >= 0.6 is 0 Å². The number of hydrogen-bond acceptors (Lipinski definition) is 4. The molecular formula is C12H17NO4. The van der Waals surface area contributed by atoms with Gasteiger partial charge in [-0.05, 0) is 17.7 Å². The molecule has 0 bridgehead atoms. The van der Waals surface area contributed by atoms with Crippen molar-refractivity contribution in [2.24, 2.45) is 0 Å². The highest BCUT2D eigenvalue weighted by molar-refractivity contribution is 5.81. The molecule has 0 aliphatic heterocycles. The second-order valence-corrected chi connectivity index (χ2v) is 3.75. The molecule has 1 atom stereocenters. The van der Waals surface area contributed by atoms with Crippen LogP contribution in [0.2, 0.25) is 0 Å². The lowest BCUT2D eigenvalue weighted by atomic mass is 10.1. The van der Waals surface area contributed by atoms with Crippen molar-refractivity contribution >= 4 is 5.91 Å². The summed E-state index contributed by atoms with van der Waals surface area (Å²) in [6.45, 7) is 0.